The molecule has 0 saturated carbocycles. The molecule has 2 aromatic rings. The van der Waals surface area contributed by atoms with E-state index in [1.807, 2.05) is 35.0 Å². The van der Waals surface area contributed by atoms with Gasteiger partial charge in [0.15, 0.2) is 0 Å². The second-order valence-corrected chi connectivity index (χ2v) is 4.72. The Labute approximate surface area is 116 Å². The zero-order chi connectivity index (χ0) is 13.1. The van der Waals surface area contributed by atoms with Gasteiger partial charge in [-0.1, -0.05) is 23.8 Å². The minimum atomic E-state index is 0.376. The summed E-state index contributed by atoms with van der Waals surface area (Å²) < 4.78 is 7.28. The molecular weight excluding hydrogens is 268 g/mol. The molecule has 5 heteroatoms. The summed E-state index contributed by atoms with van der Waals surface area (Å²) in [5, 5.41) is 0.676. The summed E-state index contributed by atoms with van der Waals surface area (Å²) in [6.45, 7) is 0.614. The first-order valence-electron chi connectivity index (χ1n) is 5.39. The van der Waals surface area contributed by atoms with Crippen molar-refractivity contribution in [3.63, 3.8) is 0 Å². The number of halogens is 1. The average Bonchev–Trinajstić information content (AvgIpc) is 2.77. The zero-order valence-electron chi connectivity index (χ0n) is 9.89. The van der Waals surface area contributed by atoms with Crippen LogP contribution in [0.2, 0.25) is 5.02 Å². The Balaban J connectivity index is 2.36. The van der Waals surface area contributed by atoms with Crippen molar-refractivity contribution in [3.05, 3.63) is 52.8 Å². The Morgan fingerprint density at radius 3 is 2.89 bits per heavy atom. The van der Waals surface area contributed by atoms with Gasteiger partial charge in [-0.05, 0) is 30.3 Å². The molecular formula is C13H13ClN2OS. The topological polar surface area (TPSA) is 40.2 Å². The number of hydrogen-bond donors (Lipinski definition) is 1. The van der Waals surface area contributed by atoms with Crippen LogP contribution >= 0.6 is 23.8 Å². The molecule has 0 radical (unpaired) electrons. The van der Waals surface area contributed by atoms with Crippen molar-refractivity contribution in [2.45, 2.75) is 6.54 Å². The van der Waals surface area contributed by atoms with Crippen LogP contribution in [0.5, 0.6) is 5.75 Å². The summed E-state index contributed by atoms with van der Waals surface area (Å²) in [5.41, 5.74) is 7.48. The van der Waals surface area contributed by atoms with Crippen LogP contribution < -0.4 is 10.5 Å². The molecule has 2 N–H and O–H groups in total. The highest BCUT2D eigenvalue weighted by Gasteiger charge is 2.08. The fourth-order valence-electron chi connectivity index (χ4n) is 1.83. The van der Waals surface area contributed by atoms with Crippen molar-refractivity contribution in [1.29, 1.82) is 0 Å². The Morgan fingerprint density at radius 1 is 1.44 bits per heavy atom. The molecule has 18 heavy (non-hydrogen) atoms. The summed E-state index contributed by atoms with van der Waals surface area (Å²) in [5.74, 6) is 0.794. The van der Waals surface area contributed by atoms with E-state index in [-0.39, 0.29) is 0 Å². The quantitative estimate of drug-likeness (QED) is 0.876. The van der Waals surface area contributed by atoms with Gasteiger partial charge in [-0.25, -0.2) is 0 Å². The highest BCUT2D eigenvalue weighted by atomic mass is 35.5. The van der Waals surface area contributed by atoms with Gasteiger partial charge in [0.25, 0.3) is 0 Å². The average molecular weight is 281 g/mol. The van der Waals surface area contributed by atoms with E-state index in [1.165, 1.54) is 0 Å². The normalized spacial score (nSPS) is 10.3. The summed E-state index contributed by atoms with van der Waals surface area (Å²) in [6, 6.07) is 9.32. The number of thiocarbonyl (C=S) groups is 1. The molecule has 3 nitrogen and oxygen atoms in total. The molecule has 1 aromatic carbocycles. The number of nitrogens with two attached hydrogens (primary N) is 1. The minimum absolute atomic E-state index is 0.376. The van der Waals surface area contributed by atoms with Gasteiger partial charge in [-0.15, -0.1) is 0 Å². The van der Waals surface area contributed by atoms with Crippen LogP contribution in [0.4, 0.5) is 0 Å². The number of nitrogens with zero attached hydrogens (tertiary/aromatic N) is 1. The Morgan fingerprint density at radius 2 is 2.22 bits per heavy atom. The van der Waals surface area contributed by atoms with Gasteiger partial charge in [0, 0.05) is 16.8 Å². The molecule has 1 aromatic heterocycles. The van der Waals surface area contributed by atoms with Gasteiger partial charge >= 0.3 is 0 Å². The number of ether oxygens (including phenoxy) is 1. The molecule has 0 aliphatic carbocycles. The first-order valence-corrected chi connectivity index (χ1v) is 6.18. The Kier molecular flexibility index (Phi) is 3.89. The zero-order valence-corrected chi connectivity index (χ0v) is 11.5. The first kappa shape index (κ1) is 12.9. The van der Waals surface area contributed by atoms with Gasteiger partial charge in [-0.3, -0.25) is 0 Å². The van der Waals surface area contributed by atoms with Crippen molar-refractivity contribution in [1.82, 2.24) is 4.57 Å². The third kappa shape index (κ3) is 2.66. The van der Waals surface area contributed by atoms with Crippen LogP contribution in [0.15, 0.2) is 36.5 Å². The van der Waals surface area contributed by atoms with Crippen molar-refractivity contribution in [2.75, 3.05) is 7.11 Å². The third-order valence-electron chi connectivity index (χ3n) is 2.67. The van der Waals surface area contributed by atoms with E-state index < -0.39 is 0 Å². The van der Waals surface area contributed by atoms with E-state index in [9.17, 15) is 0 Å². The van der Waals surface area contributed by atoms with Gasteiger partial charge in [0.1, 0.15) is 10.7 Å². The van der Waals surface area contributed by atoms with Crippen molar-refractivity contribution >= 4 is 28.8 Å². The lowest BCUT2D eigenvalue weighted by Gasteiger charge is -2.12. The van der Waals surface area contributed by atoms with Crippen LogP contribution in [0.1, 0.15) is 11.3 Å². The minimum Gasteiger partial charge on any atom is -0.496 e. The van der Waals surface area contributed by atoms with Gasteiger partial charge < -0.3 is 15.0 Å². The second kappa shape index (κ2) is 5.42. The molecule has 0 spiro atoms. The molecule has 0 amide bonds. The molecule has 0 atom stereocenters. The molecule has 0 bridgehead atoms. The molecule has 1 heterocycles. The van der Waals surface area contributed by atoms with E-state index >= 15 is 0 Å². The fourth-order valence-corrected chi connectivity index (χ4v) is 2.21. The Bertz CT molecular complexity index is 580. The standard InChI is InChI=1S/C13H13ClN2OS/c1-17-12-5-4-10(14)7-9(12)8-16-6-2-3-11(16)13(15)18/h2-7H,8H2,1H3,(H2,15,18). The summed E-state index contributed by atoms with van der Waals surface area (Å²) >= 11 is 11.0. The lowest BCUT2D eigenvalue weighted by Crippen LogP contribution is -2.16. The maximum Gasteiger partial charge on any atom is 0.123 e. The fraction of sp³-hybridized carbons (Fsp3) is 0.154. The molecule has 0 saturated heterocycles. The first-order chi connectivity index (χ1) is 8.61. The highest BCUT2D eigenvalue weighted by Crippen LogP contribution is 2.24. The maximum absolute atomic E-state index is 6.00. The van der Waals surface area contributed by atoms with E-state index in [2.05, 4.69) is 0 Å². The van der Waals surface area contributed by atoms with Crippen LogP contribution in [-0.2, 0) is 6.54 Å². The van der Waals surface area contributed by atoms with Crippen LogP contribution in [0, 0.1) is 0 Å². The molecule has 0 unspecified atom stereocenters. The van der Waals surface area contributed by atoms with Crippen LogP contribution in [-0.4, -0.2) is 16.7 Å². The van der Waals surface area contributed by atoms with E-state index in [1.54, 1.807) is 13.2 Å². The SMILES string of the molecule is COc1ccc(Cl)cc1Cn1cccc1C(N)=S. The van der Waals surface area contributed by atoms with E-state index in [0.29, 0.717) is 16.6 Å². The predicted octanol–water partition coefficient (Wildman–Crippen LogP) is 2.83. The summed E-state index contributed by atoms with van der Waals surface area (Å²) in [7, 11) is 1.64. The van der Waals surface area contributed by atoms with Gasteiger partial charge in [0.05, 0.1) is 19.3 Å². The van der Waals surface area contributed by atoms with E-state index in [4.69, 9.17) is 34.3 Å². The number of aromatic nitrogens is 1. The number of benzene rings is 1. The highest BCUT2D eigenvalue weighted by molar-refractivity contribution is 7.80. The van der Waals surface area contributed by atoms with Gasteiger partial charge in [0.2, 0.25) is 0 Å². The van der Waals surface area contributed by atoms with Crippen molar-refractivity contribution in [2.24, 2.45) is 5.73 Å². The monoisotopic (exact) mass is 280 g/mol. The van der Waals surface area contributed by atoms with Crippen molar-refractivity contribution < 1.29 is 4.74 Å². The lowest BCUT2D eigenvalue weighted by molar-refractivity contribution is 0.408. The number of rotatable bonds is 4. The van der Waals surface area contributed by atoms with Crippen LogP contribution in [0.25, 0.3) is 0 Å². The van der Waals surface area contributed by atoms with Crippen LogP contribution in [0.3, 0.4) is 0 Å². The molecule has 2 rings (SSSR count). The van der Waals surface area contributed by atoms with Gasteiger partial charge in [-0.2, -0.15) is 0 Å². The van der Waals surface area contributed by atoms with E-state index in [0.717, 1.165) is 17.0 Å². The van der Waals surface area contributed by atoms with Crippen molar-refractivity contribution in [3.8, 4) is 5.75 Å². The molecule has 0 aliphatic rings. The summed E-state index contributed by atoms with van der Waals surface area (Å²) in [6.07, 6.45) is 1.93. The summed E-state index contributed by atoms with van der Waals surface area (Å²) in [4.78, 5) is 0.376. The largest absolute Gasteiger partial charge is 0.496 e. The second-order valence-electron chi connectivity index (χ2n) is 3.84. The smallest absolute Gasteiger partial charge is 0.123 e. The number of methoxy groups -OCH3 is 1. The Hall–Kier alpha value is -1.52. The molecule has 94 valence electrons. The predicted molar refractivity (Wildman–Crippen MR) is 77.4 cm³/mol. The molecule has 0 aliphatic heterocycles. The third-order valence-corrected chi connectivity index (χ3v) is 3.11. The molecule has 0 fully saturated rings. The lowest BCUT2D eigenvalue weighted by atomic mass is 10.2. The maximum atomic E-state index is 6.00. The number of hydrogen-bond acceptors (Lipinski definition) is 2.